The number of anilines is 2. The molecule has 0 radical (unpaired) electrons. The molecular weight excluding hydrogens is 460 g/mol. The van der Waals surface area contributed by atoms with Crippen molar-refractivity contribution in [3.05, 3.63) is 94.8 Å². The number of aromatic nitrogens is 5. The third kappa shape index (κ3) is 4.88. The van der Waals surface area contributed by atoms with E-state index in [0.717, 1.165) is 38.7 Å². The predicted octanol–water partition coefficient (Wildman–Crippen LogP) is 6.75. The number of rotatable bonds is 7. The summed E-state index contributed by atoms with van der Waals surface area (Å²) in [6, 6.07) is 18.7. The van der Waals surface area contributed by atoms with Crippen LogP contribution in [0.3, 0.4) is 0 Å². The van der Waals surface area contributed by atoms with E-state index in [1.165, 1.54) is 16.7 Å². The van der Waals surface area contributed by atoms with Gasteiger partial charge < -0.3 is 5.32 Å². The molecule has 0 amide bonds. The summed E-state index contributed by atoms with van der Waals surface area (Å²) in [5.41, 5.74) is 7.67. The van der Waals surface area contributed by atoms with Gasteiger partial charge in [-0.15, -0.1) is 21.5 Å². The number of pyridine rings is 1. The van der Waals surface area contributed by atoms with Gasteiger partial charge in [-0.25, -0.2) is 4.98 Å². The minimum Gasteiger partial charge on any atom is -0.332 e. The van der Waals surface area contributed by atoms with Crippen LogP contribution in [0.1, 0.15) is 22.4 Å². The first-order valence-corrected chi connectivity index (χ1v) is 12.8. The van der Waals surface area contributed by atoms with Crippen LogP contribution in [0, 0.1) is 20.8 Å². The summed E-state index contributed by atoms with van der Waals surface area (Å²) in [7, 11) is 0. The van der Waals surface area contributed by atoms with E-state index in [1.54, 1.807) is 29.3 Å². The maximum absolute atomic E-state index is 4.76. The number of nitrogens with one attached hydrogen (secondary N) is 1. The molecule has 0 aliphatic heterocycles. The maximum Gasteiger partial charge on any atom is 0.196 e. The third-order valence-electron chi connectivity index (χ3n) is 5.35. The average molecular weight is 485 g/mol. The van der Waals surface area contributed by atoms with Gasteiger partial charge in [-0.05, 0) is 56.7 Å². The zero-order valence-electron chi connectivity index (χ0n) is 19.2. The molecule has 8 heteroatoms. The fraction of sp³-hybridized carbons (Fsp3) is 0.154. The Morgan fingerprint density at radius 1 is 0.971 bits per heavy atom. The minimum absolute atomic E-state index is 0.697. The first-order valence-electron chi connectivity index (χ1n) is 10.9. The lowest BCUT2D eigenvalue weighted by Crippen LogP contribution is -2.02. The van der Waals surface area contributed by atoms with E-state index in [-0.39, 0.29) is 0 Å². The lowest BCUT2D eigenvalue weighted by molar-refractivity contribution is 0.879. The Labute approximate surface area is 207 Å². The smallest absolute Gasteiger partial charge is 0.196 e. The molecule has 1 N–H and O–H groups in total. The molecule has 0 saturated heterocycles. The molecule has 5 aromatic rings. The van der Waals surface area contributed by atoms with Crippen molar-refractivity contribution in [1.82, 2.24) is 24.7 Å². The van der Waals surface area contributed by atoms with Crippen LogP contribution in [0.25, 0.3) is 17.1 Å². The summed E-state index contributed by atoms with van der Waals surface area (Å²) in [6.07, 6.45) is 3.59. The second kappa shape index (κ2) is 9.79. The van der Waals surface area contributed by atoms with Gasteiger partial charge in [0.05, 0.1) is 11.4 Å². The number of thiazole rings is 1. The van der Waals surface area contributed by atoms with Gasteiger partial charge in [0.1, 0.15) is 0 Å². The molecule has 5 rings (SSSR count). The van der Waals surface area contributed by atoms with E-state index < -0.39 is 0 Å². The topological polar surface area (TPSA) is 68.5 Å². The molecule has 0 fully saturated rings. The van der Waals surface area contributed by atoms with Crippen LogP contribution in [0.15, 0.2) is 77.5 Å². The molecular formula is C26H24N6S2. The van der Waals surface area contributed by atoms with Crippen LogP contribution in [0.2, 0.25) is 0 Å². The van der Waals surface area contributed by atoms with Crippen molar-refractivity contribution in [2.75, 3.05) is 5.32 Å². The first-order chi connectivity index (χ1) is 16.6. The molecule has 0 saturated carbocycles. The van der Waals surface area contributed by atoms with E-state index in [1.807, 2.05) is 18.3 Å². The van der Waals surface area contributed by atoms with Gasteiger partial charge in [0.2, 0.25) is 0 Å². The highest BCUT2D eigenvalue weighted by Gasteiger charge is 2.18. The van der Waals surface area contributed by atoms with Gasteiger partial charge in [-0.1, -0.05) is 47.2 Å². The van der Waals surface area contributed by atoms with E-state index in [0.29, 0.717) is 5.75 Å². The Morgan fingerprint density at radius 2 is 1.79 bits per heavy atom. The highest BCUT2D eigenvalue weighted by Crippen LogP contribution is 2.32. The van der Waals surface area contributed by atoms with E-state index in [4.69, 9.17) is 4.98 Å². The van der Waals surface area contributed by atoms with Crippen LogP contribution >= 0.6 is 23.1 Å². The van der Waals surface area contributed by atoms with Crippen molar-refractivity contribution in [1.29, 1.82) is 0 Å². The maximum atomic E-state index is 4.76. The predicted molar refractivity (Wildman–Crippen MR) is 140 cm³/mol. The standard InChI is InChI=1S/C26H24N6S2/c1-17-6-9-21(10-7-17)28-25-29-22(15-33-25)16-34-26-31-30-24(20-5-4-12-27-14-20)32(26)23-11-8-18(2)13-19(23)3/h4-15H,16H2,1-3H3,(H,28,29). The number of hydrogen-bond donors (Lipinski definition) is 1. The Bertz CT molecular complexity index is 1410. The second-order valence-corrected chi connectivity index (χ2v) is 9.90. The Kier molecular flexibility index (Phi) is 6.42. The molecule has 6 nitrogen and oxygen atoms in total. The van der Waals surface area contributed by atoms with Gasteiger partial charge in [-0.3, -0.25) is 9.55 Å². The summed E-state index contributed by atoms with van der Waals surface area (Å²) in [6.45, 7) is 6.30. The number of thioether (sulfide) groups is 1. The molecule has 0 bridgehead atoms. The Morgan fingerprint density at radius 3 is 2.56 bits per heavy atom. The van der Waals surface area contributed by atoms with Gasteiger partial charge in [0.15, 0.2) is 16.1 Å². The van der Waals surface area contributed by atoms with Crippen LogP contribution in [0.5, 0.6) is 0 Å². The lowest BCUT2D eigenvalue weighted by Gasteiger charge is -2.13. The summed E-state index contributed by atoms with van der Waals surface area (Å²) >= 11 is 3.23. The summed E-state index contributed by atoms with van der Waals surface area (Å²) in [5, 5.41) is 16.2. The van der Waals surface area contributed by atoms with Crippen molar-refractivity contribution in [2.45, 2.75) is 31.7 Å². The monoisotopic (exact) mass is 484 g/mol. The summed E-state index contributed by atoms with van der Waals surface area (Å²) < 4.78 is 2.12. The average Bonchev–Trinajstić information content (AvgIpc) is 3.47. The van der Waals surface area contributed by atoms with Crippen molar-refractivity contribution < 1.29 is 0 Å². The summed E-state index contributed by atoms with van der Waals surface area (Å²) in [5.74, 6) is 1.48. The number of hydrogen-bond acceptors (Lipinski definition) is 7. The van der Waals surface area contributed by atoms with Gasteiger partial charge >= 0.3 is 0 Å². The van der Waals surface area contributed by atoms with Crippen LogP contribution in [-0.4, -0.2) is 24.7 Å². The Balaban J connectivity index is 1.40. The molecule has 0 aliphatic rings. The zero-order valence-corrected chi connectivity index (χ0v) is 20.8. The molecule has 34 heavy (non-hydrogen) atoms. The summed E-state index contributed by atoms with van der Waals surface area (Å²) in [4.78, 5) is 9.03. The zero-order chi connectivity index (χ0) is 23.5. The number of benzene rings is 2. The Hall–Kier alpha value is -3.49. The van der Waals surface area contributed by atoms with E-state index in [2.05, 4.69) is 93.7 Å². The molecule has 3 aromatic heterocycles. The molecule has 170 valence electrons. The first kappa shape index (κ1) is 22.3. The van der Waals surface area contributed by atoms with Crippen LogP contribution < -0.4 is 5.32 Å². The highest BCUT2D eigenvalue weighted by atomic mass is 32.2. The van der Waals surface area contributed by atoms with Gasteiger partial charge in [0.25, 0.3) is 0 Å². The molecule has 0 atom stereocenters. The van der Waals surface area contributed by atoms with Crippen LogP contribution in [-0.2, 0) is 5.75 Å². The van der Waals surface area contributed by atoms with Crippen molar-refractivity contribution in [2.24, 2.45) is 0 Å². The lowest BCUT2D eigenvalue weighted by atomic mass is 10.1. The largest absolute Gasteiger partial charge is 0.332 e. The SMILES string of the molecule is Cc1ccc(Nc2nc(CSc3nnc(-c4cccnc4)n3-c3ccc(C)cc3C)cs2)cc1. The normalized spacial score (nSPS) is 11.0. The fourth-order valence-electron chi connectivity index (χ4n) is 3.65. The molecule has 0 aliphatic carbocycles. The molecule has 3 heterocycles. The number of nitrogens with zero attached hydrogens (tertiary/aromatic N) is 5. The fourth-order valence-corrected chi connectivity index (χ4v) is 5.32. The van der Waals surface area contributed by atoms with E-state index in [9.17, 15) is 0 Å². The van der Waals surface area contributed by atoms with Gasteiger partial charge in [-0.2, -0.15) is 0 Å². The molecule has 0 spiro atoms. The second-order valence-electron chi connectivity index (χ2n) is 8.10. The molecule has 2 aromatic carbocycles. The molecule has 0 unspecified atom stereocenters. The van der Waals surface area contributed by atoms with Crippen molar-refractivity contribution in [3.8, 4) is 17.1 Å². The van der Waals surface area contributed by atoms with Crippen LogP contribution in [0.4, 0.5) is 10.8 Å². The third-order valence-corrected chi connectivity index (χ3v) is 7.12. The van der Waals surface area contributed by atoms with Crippen molar-refractivity contribution in [3.63, 3.8) is 0 Å². The van der Waals surface area contributed by atoms with E-state index >= 15 is 0 Å². The minimum atomic E-state index is 0.697. The van der Waals surface area contributed by atoms with Gasteiger partial charge in [0, 0.05) is 34.8 Å². The highest BCUT2D eigenvalue weighted by molar-refractivity contribution is 7.98. The van der Waals surface area contributed by atoms with Crippen molar-refractivity contribution >= 4 is 33.9 Å². The number of aryl methyl sites for hydroxylation is 3. The quantitative estimate of drug-likeness (QED) is 0.258.